The summed E-state index contributed by atoms with van der Waals surface area (Å²) in [5.74, 6) is -5.17. The van der Waals surface area contributed by atoms with Crippen LogP contribution < -0.4 is 4.18 Å². The van der Waals surface area contributed by atoms with Gasteiger partial charge in [0.2, 0.25) is 0 Å². The van der Waals surface area contributed by atoms with Crippen LogP contribution >= 0.6 is 0 Å². The molecule has 0 bridgehead atoms. The van der Waals surface area contributed by atoms with Gasteiger partial charge in [0.15, 0.2) is 17.5 Å². The zero-order valence-electron chi connectivity index (χ0n) is 11.2. The van der Waals surface area contributed by atoms with Crippen molar-refractivity contribution in [2.75, 3.05) is 0 Å². The van der Waals surface area contributed by atoms with E-state index in [2.05, 4.69) is 0 Å². The Morgan fingerprint density at radius 3 is 2.05 bits per heavy atom. The highest BCUT2D eigenvalue weighted by molar-refractivity contribution is 7.87. The number of rotatable bonds is 3. The van der Waals surface area contributed by atoms with Gasteiger partial charge >= 0.3 is 10.1 Å². The highest BCUT2D eigenvalue weighted by Crippen LogP contribution is 2.25. The quantitative estimate of drug-likeness (QED) is 0.643. The Bertz CT molecular complexity index is 781. The van der Waals surface area contributed by atoms with E-state index in [-0.39, 0.29) is 5.75 Å². The molecule has 0 aliphatic rings. The molecule has 0 saturated carbocycles. The van der Waals surface area contributed by atoms with Crippen molar-refractivity contribution >= 4 is 10.1 Å². The van der Waals surface area contributed by atoms with Crippen molar-refractivity contribution in [1.29, 1.82) is 0 Å². The average molecular weight is 316 g/mol. The van der Waals surface area contributed by atoms with E-state index in [0.717, 1.165) is 11.1 Å². The summed E-state index contributed by atoms with van der Waals surface area (Å²) >= 11 is 0. The van der Waals surface area contributed by atoms with E-state index in [1.165, 1.54) is 12.1 Å². The first-order valence-corrected chi connectivity index (χ1v) is 7.28. The molecule has 2 aromatic rings. The van der Waals surface area contributed by atoms with Crippen LogP contribution in [0.1, 0.15) is 11.1 Å². The van der Waals surface area contributed by atoms with E-state index in [0.29, 0.717) is 12.1 Å². The van der Waals surface area contributed by atoms with Crippen LogP contribution in [0.15, 0.2) is 35.2 Å². The first kappa shape index (κ1) is 15.4. The Kier molecular flexibility index (Phi) is 3.95. The Morgan fingerprint density at radius 2 is 1.48 bits per heavy atom. The van der Waals surface area contributed by atoms with Crippen LogP contribution in [0.2, 0.25) is 0 Å². The minimum absolute atomic E-state index is 0.0309. The molecule has 0 N–H and O–H groups in total. The molecule has 2 aromatic carbocycles. The van der Waals surface area contributed by atoms with Crippen molar-refractivity contribution in [2.45, 2.75) is 18.7 Å². The zero-order valence-corrected chi connectivity index (χ0v) is 12.0. The van der Waals surface area contributed by atoms with Crippen LogP contribution in [-0.4, -0.2) is 8.42 Å². The Balaban J connectivity index is 2.46. The molecule has 7 heteroatoms. The van der Waals surface area contributed by atoms with Gasteiger partial charge in [-0.2, -0.15) is 8.42 Å². The Labute approximate surface area is 120 Å². The van der Waals surface area contributed by atoms with Crippen molar-refractivity contribution in [3.63, 3.8) is 0 Å². The number of hydrogen-bond donors (Lipinski definition) is 0. The third-order valence-corrected chi connectivity index (χ3v) is 3.94. The lowest BCUT2D eigenvalue weighted by molar-refractivity contribution is 0.423. The Morgan fingerprint density at radius 1 is 0.905 bits per heavy atom. The first-order chi connectivity index (χ1) is 9.70. The summed E-state index contributed by atoms with van der Waals surface area (Å²) in [4.78, 5) is -1.06. The van der Waals surface area contributed by atoms with Crippen LogP contribution in [0.4, 0.5) is 13.2 Å². The maximum Gasteiger partial charge on any atom is 0.342 e. The molecule has 112 valence electrons. The lowest BCUT2D eigenvalue weighted by Crippen LogP contribution is -2.13. The molecule has 0 aromatic heterocycles. The largest absolute Gasteiger partial charge is 0.379 e. The van der Waals surface area contributed by atoms with Gasteiger partial charge in [-0.1, -0.05) is 6.07 Å². The van der Waals surface area contributed by atoms with E-state index in [9.17, 15) is 21.6 Å². The molecular formula is C14H11F3O3S. The molecule has 0 unspecified atom stereocenters. The minimum Gasteiger partial charge on any atom is -0.379 e. The lowest BCUT2D eigenvalue weighted by atomic mass is 10.1. The molecule has 0 amide bonds. The summed E-state index contributed by atoms with van der Waals surface area (Å²) in [5.41, 5.74) is 1.48. The first-order valence-electron chi connectivity index (χ1n) is 5.87. The number of benzene rings is 2. The normalized spacial score (nSPS) is 11.5. The second-order valence-electron chi connectivity index (χ2n) is 4.53. The fourth-order valence-electron chi connectivity index (χ4n) is 1.85. The summed E-state index contributed by atoms with van der Waals surface area (Å²) in [5, 5.41) is 0. The molecule has 0 saturated heterocycles. The fraction of sp³-hybridized carbons (Fsp3) is 0.143. The second-order valence-corrected chi connectivity index (χ2v) is 6.05. The zero-order chi connectivity index (χ0) is 15.8. The van der Waals surface area contributed by atoms with Crippen molar-refractivity contribution < 1.29 is 25.8 Å². The highest BCUT2D eigenvalue weighted by atomic mass is 32.2. The molecule has 21 heavy (non-hydrogen) atoms. The van der Waals surface area contributed by atoms with Gasteiger partial charge < -0.3 is 4.18 Å². The predicted octanol–water partition coefficient (Wildman–Crippen LogP) is 3.49. The molecule has 0 radical (unpaired) electrons. The molecule has 0 aliphatic heterocycles. The SMILES string of the molecule is Cc1cc(C)cc(OS(=O)(=O)c2ccc(F)c(F)c2F)c1. The Hall–Kier alpha value is -2.02. The van der Waals surface area contributed by atoms with Gasteiger partial charge in [0, 0.05) is 0 Å². The van der Waals surface area contributed by atoms with Crippen molar-refractivity contribution in [3.8, 4) is 5.75 Å². The topological polar surface area (TPSA) is 43.4 Å². The van der Waals surface area contributed by atoms with Gasteiger partial charge in [-0.25, -0.2) is 13.2 Å². The van der Waals surface area contributed by atoms with E-state index >= 15 is 0 Å². The van der Waals surface area contributed by atoms with E-state index in [1.807, 2.05) is 0 Å². The molecule has 0 fully saturated rings. The fourth-order valence-corrected chi connectivity index (χ4v) is 2.84. The van der Waals surface area contributed by atoms with E-state index in [1.54, 1.807) is 19.9 Å². The molecule has 0 spiro atoms. The maximum atomic E-state index is 13.5. The highest BCUT2D eigenvalue weighted by Gasteiger charge is 2.26. The maximum absolute atomic E-state index is 13.5. The van der Waals surface area contributed by atoms with Crippen molar-refractivity contribution in [2.24, 2.45) is 0 Å². The van der Waals surface area contributed by atoms with Crippen LogP contribution in [-0.2, 0) is 10.1 Å². The standard InChI is InChI=1S/C14H11F3O3S/c1-8-5-9(2)7-10(6-8)20-21(18,19)12-4-3-11(15)13(16)14(12)17/h3-7H,1-2H3. The van der Waals surface area contributed by atoms with E-state index < -0.39 is 32.5 Å². The number of hydrogen-bond acceptors (Lipinski definition) is 3. The van der Waals surface area contributed by atoms with Gasteiger partial charge in [-0.15, -0.1) is 0 Å². The molecule has 3 nitrogen and oxygen atoms in total. The third kappa shape index (κ3) is 3.18. The number of halogens is 3. The second kappa shape index (κ2) is 5.40. The molecular weight excluding hydrogens is 305 g/mol. The van der Waals surface area contributed by atoms with Crippen molar-refractivity contribution in [3.05, 3.63) is 58.9 Å². The van der Waals surface area contributed by atoms with Crippen LogP contribution in [0.5, 0.6) is 5.75 Å². The summed E-state index contributed by atoms with van der Waals surface area (Å²) in [6, 6.07) is 5.80. The summed E-state index contributed by atoms with van der Waals surface area (Å²) in [6.07, 6.45) is 0. The van der Waals surface area contributed by atoms with Crippen LogP contribution in [0.25, 0.3) is 0 Å². The number of aryl methyl sites for hydroxylation is 2. The van der Waals surface area contributed by atoms with Crippen LogP contribution in [0.3, 0.4) is 0 Å². The third-order valence-electron chi connectivity index (χ3n) is 2.67. The van der Waals surface area contributed by atoms with Crippen LogP contribution in [0, 0.1) is 31.3 Å². The molecule has 0 atom stereocenters. The average Bonchev–Trinajstić information content (AvgIpc) is 2.33. The van der Waals surface area contributed by atoms with Gasteiger partial charge in [0.25, 0.3) is 0 Å². The van der Waals surface area contributed by atoms with Gasteiger partial charge in [0.1, 0.15) is 10.6 Å². The molecule has 0 heterocycles. The molecule has 0 aliphatic carbocycles. The monoisotopic (exact) mass is 316 g/mol. The van der Waals surface area contributed by atoms with Gasteiger partial charge in [0.05, 0.1) is 0 Å². The molecule has 2 rings (SSSR count). The van der Waals surface area contributed by atoms with Crippen molar-refractivity contribution in [1.82, 2.24) is 0 Å². The van der Waals surface area contributed by atoms with Gasteiger partial charge in [-0.05, 0) is 49.2 Å². The summed E-state index contributed by atoms with van der Waals surface area (Å²) in [7, 11) is -4.60. The van der Waals surface area contributed by atoms with Gasteiger partial charge in [-0.3, -0.25) is 0 Å². The summed E-state index contributed by atoms with van der Waals surface area (Å²) < 4.78 is 68.2. The van der Waals surface area contributed by atoms with E-state index in [4.69, 9.17) is 4.18 Å². The predicted molar refractivity (Wildman–Crippen MR) is 70.0 cm³/mol. The summed E-state index contributed by atoms with van der Waals surface area (Å²) in [6.45, 7) is 3.45. The lowest BCUT2D eigenvalue weighted by Gasteiger charge is -2.09. The smallest absolute Gasteiger partial charge is 0.342 e. The minimum atomic E-state index is -4.60.